The molecule has 1 fully saturated rings. The van der Waals surface area contributed by atoms with Crippen molar-refractivity contribution in [3.8, 4) is 0 Å². The van der Waals surface area contributed by atoms with Crippen molar-refractivity contribution in [2.75, 3.05) is 18.4 Å². The van der Waals surface area contributed by atoms with Crippen molar-refractivity contribution in [2.24, 2.45) is 11.8 Å². The summed E-state index contributed by atoms with van der Waals surface area (Å²) in [7, 11) is 0. The van der Waals surface area contributed by atoms with Gasteiger partial charge in [0.1, 0.15) is 0 Å². The topological polar surface area (TPSA) is 87.3 Å². The first-order valence-corrected chi connectivity index (χ1v) is 8.47. The van der Waals surface area contributed by atoms with Gasteiger partial charge in [0.25, 0.3) is 5.91 Å². The molecule has 0 aliphatic heterocycles. The average molecular weight is 331 g/mol. The van der Waals surface area contributed by atoms with Gasteiger partial charge in [0.05, 0.1) is 0 Å². The molecular weight excluding hydrogens is 306 g/mol. The van der Waals surface area contributed by atoms with Crippen LogP contribution in [0.25, 0.3) is 0 Å². The summed E-state index contributed by atoms with van der Waals surface area (Å²) in [5.74, 6) is 0.265. The first-order valence-electron chi connectivity index (χ1n) is 8.47. The van der Waals surface area contributed by atoms with E-state index < -0.39 is 0 Å². The van der Waals surface area contributed by atoms with Crippen molar-refractivity contribution in [3.05, 3.63) is 29.8 Å². The van der Waals surface area contributed by atoms with Crippen molar-refractivity contribution >= 4 is 23.4 Å². The van der Waals surface area contributed by atoms with E-state index in [-0.39, 0.29) is 30.1 Å². The summed E-state index contributed by atoms with van der Waals surface area (Å²) >= 11 is 0. The molecule has 0 aromatic heterocycles. The zero-order valence-electron chi connectivity index (χ0n) is 14.2. The summed E-state index contributed by atoms with van der Waals surface area (Å²) in [6.45, 7) is 4.97. The fraction of sp³-hybridized carbons (Fsp3) is 0.500. The van der Waals surface area contributed by atoms with Crippen molar-refractivity contribution in [2.45, 2.75) is 33.1 Å². The summed E-state index contributed by atoms with van der Waals surface area (Å²) in [4.78, 5) is 35.5. The molecule has 1 aromatic rings. The Bertz CT molecular complexity index is 615. The Morgan fingerprint density at radius 1 is 1.17 bits per heavy atom. The molecule has 0 bridgehead atoms. The first kappa shape index (κ1) is 18.0. The second-order valence-electron chi connectivity index (χ2n) is 6.25. The smallest absolute Gasteiger partial charge is 0.251 e. The van der Waals surface area contributed by atoms with E-state index in [0.29, 0.717) is 30.3 Å². The lowest BCUT2D eigenvalue weighted by Gasteiger charge is -2.08. The zero-order valence-corrected chi connectivity index (χ0v) is 14.2. The Morgan fingerprint density at radius 2 is 1.92 bits per heavy atom. The minimum absolute atomic E-state index is 0.0323. The highest BCUT2D eigenvalue weighted by molar-refractivity contribution is 5.97. The summed E-state index contributed by atoms with van der Waals surface area (Å²) in [5.41, 5.74) is 1.09. The lowest BCUT2D eigenvalue weighted by molar-refractivity contribution is -0.122. The summed E-state index contributed by atoms with van der Waals surface area (Å²) in [6, 6.07) is 6.82. The summed E-state index contributed by atoms with van der Waals surface area (Å²) in [5, 5.41) is 8.33. The van der Waals surface area contributed by atoms with Crippen LogP contribution in [0.4, 0.5) is 5.69 Å². The highest BCUT2D eigenvalue weighted by atomic mass is 16.2. The number of hydrogen-bond donors (Lipinski definition) is 3. The van der Waals surface area contributed by atoms with Gasteiger partial charge >= 0.3 is 0 Å². The van der Waals surface area contributed by atoms with Gasteiger partial charge in [-0.15, -0.1) is 0 Å². The molecule has 3 amide bonds. The Balaban J connectivity index is 1.76. The maximum atomic E-state index is 11.9. The fourth-order valence-electron chi connectivity index (χ4n) is 2.42. The molecule has 6 nitrogen and oxygen atoms in total. The van der Waals surface area contributed by atoms with Gasteiger partial charge in [0, 0.05) is 36.7 Å². The van der Waals surface area contributed by atoms with E-state index in [2.05, 4.69) is 16.0 Å². The molecule has 0 radical (unpaired) electrons. The van der Waals surface area contributed by atoms with Gasteiger partial charge in [0.2, 0.25) is 11.8 Å². The van der Waals surface area contributed by atoms with E-state index >= 15 is 0 Å². The Labute approximate surface area is 142 Å². The molecular formula is C18H25N3O3. The lowest BCUT2D eigenvalue weighted by atomic mass is 10.2. The number of anilines is 1. The predicted octanol–water partition coefficient (Wildman–Crippen LogP) is 1.93. The van der Waals surface area contributed by atoms with Crippen molar-refractivity contribution in [1.29, 1.82) is 0 Å². The van der Waals surface area contributed by atoms with Gasteiger partial charge in [-0.25, -0.2) is 0 Å². The predicted molar refractivity (Wildman–Crippen MR) is 92.6 cm³/mol. The normalized spacial score (nSPS) is 18.6. The number of carbonyl (C=O) groups excluding carboxylic acids is 3. The van der Waals surface area contributed by atoms with E-state index in [1.807, 2.05) is 13.8 Å². The van der Waals surface area contributed by atoms with Gasteiger partial charge in [-0.05, 0) is 37.0 Å². The molecule has 0 saturated heterocycles. The Morgan fingerprint density at radius 3 is 2.58 bits per heavy atom. The van der Waals surface area contributed by atoms with Crippen molar-refractivity contribution in [3.63, 3.8) is 0 Å². The summed E-state index contributed by atoms with van der Waals surface area (Å²) in [6.07, 6.45) is 2.01. The van der Waals surface area contributed by atoms with Gasteiger partial charge in [-0.2, -0.15) is 0 Å². The van der Waals surface area contributed by atoms with Gasteiger partial charge in [0.15, 0.2) is 0 Å². The zero-order chi connectivity index (χ0) is 17.5. The molecule has 1 aromatic carbocycles. The molecule has 6 heteroatoms. The SMILES string of the molecule is CCCNC(=O)c1cccc(NC(=O)CCNC(=O)C2CC2C)c1. The van der Waals surface area contributed by atoms with Crippen LogP contribution >= 0.6 is 0 Å². The summed E-state index contributed by atoms with van der Waals surface area (Å²) < 4.78 is 0. The minimum atomic E-state index is -0.190. The molecule has 3 N–H and O–H groups in total. The molecule has 1 aliphatic carbocycles. The molecule has 1 aliphatic rings. The van der Waals surface area contributed by atoms with Crippen LogP contribution in [0.2, 0.25) is 0 Å². The molecule has 2 atom stereocenters. The maximum Gasteiger partial charge on any atom is 0.251 e. The Kier molecular flexibility index (Phi) is 6.35. The van der Waals surface area contributed by atoms with E-state index in [0.717, 1.165) is 12.8 Å². The second kappa shape index (κ2) is 8.47. The molecule has 24 heavy (non-hydrogen) atoms. The molecule has 130 valence electrons. The third kappa shape index (κ3) is 5.37. The average Bonchev–Trinajstić information content (AvgIpc) is 3.29. The number of hydrogen-bond acceptors (Lipinski definition) is 3. The van der Waals surface area contributed by atoms with E-state index in [9.17, 15) is 14.4 Å². The van der Waals surface area contributed by atoms with Crippen LogP contribution < -0.4 is 16.0 Å². The largest absolute Gasteiger partial charge is 0.355 e. The molecule has 1 saturated carbocycles. The first-order chi connectivity index (χ1) is 11.5. The molecule has 2 unspecified atom stereocenters. The van der Waals surface area contributed by atoms with Crippen LogP contribution in [0.15, 0.2) is 24.3 Å². The highest BCUT2D eigenvalue weighted by Gasteiger charge is 2.38. The third-order valence-electron chi connectivity index (χ3n) is 4.04. The minimum Gasteiger partial charge on any atom is -0.355 e. The number of nitrogens with one attached hydrogen (secondary N) is 3. The van der Waals surface area contributed by atoms with Crippen LogP contribution in [0.3, 0.4) is 0 Å². The highest BCUT2D eigenvalue weighted by Crippen LogP contribution is 2.37. The standard InChI is InChI=1S/C18H25N3O3/c1-3-8-19-17(23)13-5-4-6-14(11-13)21-16(22)7-9-20-18(24)15-10-12(15)2/h4-6,11-12,15H,3,7-10H2,1-2H3,(H,19,23)(H,20,24)(H,21,22). The van der Waals surface area contributed by atoms with Crippen LogP contribution in [-0.4, -0.2) is 30.8 Å². The van der Waals surface area contributed by atoms with E-state index in [1.165, 1.54) is 0 Å². The van der Waals surface area contributed by atoms with Crippen LogP contribution in [0, 0.1) is 11.8 Å². The fourth-order valence-corrected chi connectivity index (χ4v) is 2.42. The molecule has 0 spiro atoms. The lowest BCUT2D eigenvalue weighted by Crippen LogP contribution is -2.29. The maximum absolute atomic E-state index is 11.9. The Hall–Kier alpha value is -2.37. The van der Waals surface area contributed by atoms with Crippen LogP contribution in [0.1, 0.15) is 43.5 Å². The van der Waals surface area contributed by atoms with Crippen molar-refractivity contribution in [1.82, 2.24) is 10.6 Å². The van der Waals surface area contributed by atoms with E-state index in [1.54, 1.807) is 24.3 Å². The second-order valence-corrected chi connectivity index (χ2v) is 6.25. The number of rotatable bonds is 8. The number of amides is 3. The van der Waals surface area contributed by atoms with Crippen LogP contribution in [-0.2, 0) is 9.59 Å². The third-order valence-corrected chi connectivity index (χ3v) is 4.04. The van der Waals surface area contributed by atoms with E-state index in [4.69, 9.17) is 0 Å². The number of carbonyl (C=O) groups is 3. The quantitative estimate of drug-likeness (QED) is 0.680. The van der Waals surface area contributed by atoms with Crippen LogP contribution in [0.5, 0.6) is 0 Å². The van der Waals surface area contributed by atoms with Gasteiger partial charge in [-0.3, -0.25) is 14.4 Å². The van der Waals surface area contributed by atoms with Gasteiger partial charge in [-0.1, -0.05) is 19.9 Å². The van der Waals surface area contributed by atoms with Gasteiger partial charge < -0.3 is 16.0 Å². The van der Waals surface area contributed by atoms with Crippen molar-refractivity contribution < 1.29 is 14.4 Å². The monoisotopic (exact) mass is 331 g/mol. The molecule has 2 rings (SSSR count). The number of benzene rings is 1. The molecule has 0 heterocycles.